The van der Waals surface area contributed by atoms with Crippen molar-refractivity contribution in [2.24, 2.45) is 0 Å². The highest BCUT2D eigenvalue weighted by atomic mass is 35.5. The molecule has 0 spiro atoms. The molecule has 1 atom stereocenters. The van der Waals surface area contributed by atoms with Crippen molar-refractivity contribution in [3.8, 4) is 11.5 Å². The summed E-state index contributed by atoms with van der Waals surface area (Å²) in [5.74, 6) is 1.65. The van der Waals surface area contributed by atoms with Crippen LogP contribution < -0.4 is 9.47 Å². The van der Waals surface area contributed by atoms with Gasteiger partial charge in [0.15, 0.2) is 0 Å². The van der Waals surface area contributed by atoms with E-state index in [9.17, 15) is 0 Å². The third-order valence-electron chi connectivity index (χ3n) is 4.66. The molecule has 0 radical (unpaired) electrons. The van der Waals surface area contributed by atoms with Gasteiger partial charge in [0.1, 0.15) is 11.5 Å². The normalized spacial score (nSPS) is 13.1. The number of hydrogen-bond donors (Lipinski definition) is 0. The number of benzene rings is 2. The maximum Gasteiger partial charge on any atom is 0.136 e. The van der Waals surface area contributed by atoms with Crippen molar-refractivity contribution in [2.45, 2.75) is 36.0 Å². The second kappa shape index (κ2) is 9.39. The van der Waals surface area contributed by atoms with Crippen LogP contribution in [0, 0.1) is 0 Å². The summed E-state index contributed by atoms with van der Waals surface area (Å²) in [6.07, 6.45) is 7.60. The van der Waals surface area contributed by atoms with Crippen LogP contribution in [0.25, 0.3) is 0 Å². The molecular formula is C22H25ClN2O2S. The van der Waals surface area contributed by atoms with Crippen molar-refractivity contribution >= 4 is 23.4 Å². The van der Waals surface area contributed by atoms with E-state index in [-0.39, 0.29) is 4.75 Å². The van der Waals surface area contributed by atoms with E-state index < -0.39 is 0 Å². The first-order valence-electron chi connectivity index (χ1n) is 9.13. The molecule has 1 unspecified atom stereocenters. The summed E-state index contributed by atoms with van der Waals surface area (Å²) in [5, 5.41) is 0.762. The minimum atomic E-state index is -0.0950. The van der Waals surface area contributed by atoms with Crippen LogP contribution in [-0.4, -0.2) is 28.5 Å². The lowest BCUT2D eigenvalue weighted by molar-refractivity contribution is 0.375. The Balaban J connectivity index is 1.87. The molecular weight excluding hydrogens is 392 g/mol. The molecule has 1 aromatic heterocycles. The molecule has 0 fully saturated rings. The number of nitrogens with zero attached hydrogens (tertiary/aromatic N) is 2. The van der Waals surface area contributed by atoms with Gasteiger partial charge in [0.25, 0.3) is 0 Å². The molecule has 0 N–H and O–H groups in total. The second-order valence-electron chi connectivity index (χ2n) is 6.91. The van der Waals surface area contributed by atoms with Crippen molar-refractivity contribution in [2.75, 3.05) is 14.2 Å². The minimum absolute atomic E-state index is 0.0950. The van der Waals surface area contributed by atoms with E-state index in [0.29, 0.717) is 0 Å². The van der Waals surface area contributed by atoms with Gasteiger partial charge in [-0.25, -0.2) is 4.98 Å². The molecule has 28 heavy (non-hydrogen) atoms. The highest BCUT2D eigenvalue weighted by molar-refractivity contribution is 8.00. The van der Waals surface area contributed by atoms with Gasteiger partial charge in [-0.15, -0.1) is 11.8 Å². The van der Waals surface area contributed by atoms with Crippen molar-refractivity contribution in [1.29, 1.82) is 0 Å². The fourth-order valence-corrected chi connectivity index (χ4v) is 4.69. The molecule has 0 bridgehead atoms. The number of thioether (sulfide) groups is 1. The zero-order valence-corrected chi connectivity index (χ0v) is 18.0. The SMILES string of the molecule is COc1cccc(OC)c1SC(C)(CCc1ccc(Cl)cc1)Cn1ccnc1. The lowest BCUT2D eigenvalue weighted by atomic mass is 10.00. The first-order valence-corrected chi connectivity index (χ1v) is 10.3. The van der Waals surface area contributed by atoms with Crippen LogP contribution in [0.5, 0.6) is 11.5 Å². The molecule has 6 heteroatoms. The quantitative estimate of drug-likeness (QED) is 0.417. The summed E-state index contributed by atoms with van der Waals surface area (Å²) in [4.78, 5) is 5.22. The monoisotopic (exact) mass is 416 g/mol. The van der Waals surface area contributed by atoms with Crippen molar-refractivity contribution < 1.29 is 9.47 Å². The van der Waals surface area contributed by atoms with Crippen LogP contribution in [0.4, 0.5) is 0 Å². The average molecular weight is 417 g/mol. The minimum Gasteiger partial charge on any atom is -0.495 e. The lowest BCUT2D eigenvalue weighted by Crippen LogP contribution is -2.27. The van der Waals surface area contributed by atoms with Crippen molar-refractivity contribution in [3.05, 3.63) is 71.8 Å². The van der Waals surface area contributed by atoms with Gasteiger partial charge in [-0.1, -0.05) is 29.8 Å². The summed E-state index contributed by atoms with van der Waals surface area (Å²) in [5.41, 5.74) is 1.27. The van der Waals surface area contributed by atoms with Crippen molar-refractivity contribution in [3.63, 3.8) is 0 Å². The standard InChI is InChI=1S/C22H25ClN2O2S/c1-22(15-25-14-13-24-16-25,12-11-17-7-9-18(23)10-8-17)28-21-19(26-2)5-4-6-20(21)27-3/h4-10,13-14,16H,11-12,15H2,1-3H3. The van der Waals surface area contributed by atoms with Gasteiger partial charge in [-0.3, -0.25) is 0 Å². The Morgan fingerprint density at radius 1 is 1.07 bits per heavy atom. The van der Waals surface area contributed by atoms with E-state index in [1.807, 2.05) is 49.1 Å². The van der Waals surface area contributed by atoms with E-state index in [4.69, 9.17) is 21.1 Å². The van der Waals surface area contributed by atoms with Crippen LogP contribution >= 0.6 is 23.4 Å². The zero-order valence-electron chi connectivity index (χ0n) is 16.4. The number of rotatable bonds is 9. The predicted octanol–water partition coefficient (Wildman–Crippen LogP) is 5.74. The molecule has 3 rings (SSSR count). The molecule has 0 amide bonds. The second-order valence-corrected chi connectivity index (χ2v) is 8.94. The van der Waals surface area contributed by atoms with Gasteiger partial charge in [-0.05, 0) is 49.6 Å². The zero-order chi connectivity index (χ0) is 20.0. The molecule has 2 aromatic carbocycles. The van der Waals surface area contributed by atoms with E-state index in [1.165, 1.54) is 5.56 Å². The van der Waals surface area contributed by atoms with Gasteiger partial charge in [0.05, 0.1) is 25.4 Å². The largest absolute Gasteiger partial charge is 0.495 e. The third-order valence-corrected chi connectivity index (χ3v) is 6.35. The number of methoxy groups -OCH3 is 2. The van der Waals surface area contributed by atoms with Crippen LogP contribution in [0.2, 0.25) is 5.02 Å². The smallest absolute Gasteiger partial charge is 0.136 e. The number of imidazole rings is 1. The molecule has 0 aliphatic carbocycles. The summed E-state index contributed by atoms with van der Waals surface area (Å²) < 4.78 is 13.2. The highest BCUT2D eigenvalue weighted by Crippen LogP contribution is 2.46. The molecule has 3 aromatic rings. The summed E-state index contributed by atoms with van der Waals surface area (Å²) >= 11 is 7.82. The third kappa shape index (κ3) is 5.24. The summed E-state index contributed by atoms with van der Waals surface area (Å²) in [6, 6.07) is 14.0. The van der Waals surface area contributed by atoms with Crippen molar-refractivity contribution in [1.82, 2.24) is 9.55 Å². The van der Waals surface area contributed by atoms with Crippen LogP contribution in [0.3, 0.4) is 0 Å². The van der Waals surface area contributed by atoms with Gasteiger partial charge in [0, 0.05) is 28.7 Å². The van der Waals surface area contributed by atoms with E-state index in [2.05, 4.69) is 28.6 Å². The fraction of sp³-hybridized carbons (Fsp3) is 0.318. The molecule has 0 aliphatic rings. The Labute approximate surface area is 175 Å². The molecule has 4 nitrogen and oxygen atoms in total. The number of hydrogen-bond acceptors (Lipinski definition) is 4. The van der Waals surface area contributed by atoms with Crippen LogP contribution in [-0.2, 0) is 13.0 Å². The number of aromatic nitrogens is 2. The Morgan fingerprint density at radius 2 is 1.75 bits per heavy atom. The highest BCUT2D eigenvalue weighted by Gasteiger charge is 2.29. The van der Waals surface area contributed by atoms with Gasteiger partial charge in [0.2, 0.25) is 0 Å². The van der Waals surface area contributed by atoms with Crippen LogP contribution in [0.1, 0.15) is 18.9 Å². The summed E-state index contributed by atoms with van der Waals surface area (Å²) in [7, 11) is 3.39. The van der Waals surface area contributed by atoms with Gasteiger partial charge < -0.3 is 14.0 Å². The number of ether oxygens (including phenoxy) is 2. The predicted molar refractivity (Wildman–Crippen MR) is 116 cm³/mol. The van der Waals surface area contributed by atoms with Gasteiger partial charge >= 0.3 is 0 Å². The Hall–Kier alpha value is -2.11. The van der Waals surface area contributed by atoms with E-state index >= 15 is 0 Å². The maximum atomic E-state index is 6.03. The lowest BCUT2D eigenvalue weighted by Gasteiger charge is -2.31. The average Bonchev–Trinajstić information content (AvgIpc) is 3.20. The number of halogens is 1. The first-order chi connectivity index (χ1) is 13.5. The van der Waals surface area contributed by atoms with E-state index in [0.717, 1.165) is 40.8 Å². The molecule has 1 heterocycles. The topological polar surface area (TPSA) is 36.3 Å². The fourth-order valence-electron chi connectivity index (χ4n) is 3.15. The maximum absolute atomic E-state index is 6.03. The van der Waals surface area contributed by atoms with Crippen LogP contribution in [0.15, 0.2) is 66.1 Å². The summed E-state index contributed by atoms with van der Waals surface area (Å²) in [6.45, 7) is 3.10. The Kier molecular flexibility index (Phi) is 6.92. The molecule has 0 saturated heterocycles. The van der Waals surface area contributed by atoms with Gasteiger partial charge in [-0.2, -0.15) is 0 Å². The first kappa shape index (κ1) is 20.6. The molecule has 148 valence electrons. The molecule has 0 aliphatic heterocycles. The Morgan fingerprint density at radius 3 is 2.32 bits per heavy atom. The number of aryl methyl sites for hydroxylation is 1. The molecule has 0 saturated carbocycles. The van der Waals surface area contributed by atoms with E-state index in [1.54, 1.807) is 26.0 Å². The Bertz CT molecular complexity index is 862.